The molecule has 0 radical (unpaired) electrons. The van der Waals surface area contributed by atoms with Gasteiger partial charge in [0, 0.05) is 38.3 Å². The molecule has 0 aliphatic heterocycles. The molecule has 0 amide bonds. The molecule has 10 nitrogen and oxygen atoms in total. The minimum absolute atomic E-state index is 0.0525. The highest BCUT2D eigenvalue weighted by atomic mass is 16.6. The molecule has 0 saturated heterocycles. The minimum atomic E-state index is -0.390. The van der Waals surface area contributed by atoms with Crippen molar-refractivity contribution in [3.8, 4) is 11.5 Å². The van der Waals surface area contributed by atoms with Crippen LogP contribution in [0.5, 0.6) is 11.5 Å². The molecule has 10 heteroatoms. The molecule has 0 saturated carbocycles. The maximum Gasteiger partial charge on any atom is 0.161 e. The van der Waals surface area contributed by atoms with E-state index in [1.807, 2.05) is 12.1 Å². The molecular weight excluding hydrogens is 809 g/mol. The van der Waals surface area contributed by atoms with Crippen LogP contribution in [0.3, 0.4) is 0 Å². The fraction of sp³-hybridized carbons (Fsp3) is 0.889. The first-order valence-electron chi connectivity index (χ1n) is 24.4. The van der Waals surface area contributed by atoms with Gasteiger partial charge in [0.2, 0.25) is 0 Å². The van der Waals surface area contributed by atoms with Gasteiger partial charge in [-0.25, -0.2) is 0 Å². The second kappa shape index (κ2) is 28.1. The van der Waals surface area contributed by atoms with Crippen molar-refractivity contribution in [2.45, 2.75) is 236 Å². The Kier molecular flexibility index (Phi) is 27.4. The summed E-state index contributed by atoms with van der Waals surface area (Å²) >= 11 is 0. The zero-order chi connectivity index (χ0) is 49.7. The second-order valence-electron chi connectivity index (χ2n) is 24.1. The van der Waals surface area contributed by atoms with Crippen molar-refractivity contribution in [3.05, 3.63) is 23.8 Å². The van der Waals surface area contributed by atoms with E-state index in [1.165, 1.54) is 6.42 Å². The standard InChI is InChI=1S/C51H96O10.C3H8/c1-39-22-23-42(52-33-40(35-58-48(14,15)24-28-54-44(2,3)4)36-59-49(16,17)25-29-55-45(5,6)7)43(32-39)53-34-41(37-60-50(18,19)26-30-56-46(8,9)10)38-61-51(20,21)27-31-57-47(11,12)13;1-3-2/h22-23,32,40-41H,24-31,33-38H2,1-21H3;3H2,1-2H3. The summed E-state index contributed by atoms with van der Waals surface area (Å²) in [5.41, 5.74) is -1.29. The summed E-state index contributed by atoms with van der Waals surface area (Å²) in [5, 5.41) is 0. The Balaban J connectivity index is 0.0000128. The normalized spacial score (nSPS) is 13.7. The Bertz CT molecular complexity index is 1290. The molecule has 0 bridgehead atoms. The largest absolute Gasteiger partial charge is 0.489 e. The lowest BCUT2D eigenvalue weighted by atomic mass is 10.0. The van der Waals surface area contributed by atoms with Crippen LogP contribution < -0.4 is 9.47 Å². The lowest BCUT2D eigenvalue weighted by Crippen LogP contribution is -2.36. The maximum absolute atomic E-state index is 6.64. The van der Waals surface area contributed by atoms with E-state index in [9.17, 15) is 0 Å². The van der Waals surface area contributed by atoms with Crippen LogP contribution in [0, 0.1) is 18.8 Å². The third-order valence-electron chi connectivity index (χ3n) is 9.84. The van der Waals surface area contributed by atoms with Crippen molar-refractivity contribution in [2.75, 3.05) is 66.1 Å². The van der Waals surface area contributed by atoms with Gasteiger partial charge in [0.15, 0.2) is 11.5 Å². The predicted octanol–water partition coefficient (Wildman–Crippen LogP) is 13.4. The van der Waals surface area contributed by atoms with Crippen molar-refractivity contribution < 1.29 is 47.4 Å². The summed E-state index contributed by atoms with van der Waals surface area (Å²) in [7, 11) is 0. The van der Waals surface area contributed by atoms with Crippen LogP contribution in [0.15, 0.2) is 18.2 Å². The fourth-order valence-electron chi connectivity index (χ4n) is 5.63. The molecule has 0 unspecified atom stereocenters. The van der Waals surface area contributed by atoms with Gasteiger partial charge < -0.3 is 47.4 Å². The average Bonchev–Trinajstić information content (AvgIpc) is 3.09. The van der Waals surface area contributed by atoms with Gasteiger partial charge in [-0.2, -0.15) is 0 Å². The Morgan fingerprint density at radius 3 is 0.859 bits per heavy atom. The quantitative estimate of drug-likeness (QED) is 0.0743. The topological polar surface area (TPSA) is 92.3 Å². The molecule has 0 aliphatic rings. The molecule has 0 heterocycles. The molecule has 0 N–H and O–H groups in total. The zero-order valence-electron chi connectivity index (χ0n) is 46.1. The molecular formula is C54H104O10. The number of ether oxygens (including phenoxy) is 10. The van der Waals surface area contributed by atoms with E-state index in [4.69, 9.17) is 47.4 Å². The summed E-state index contributed by atoms with van der Waals surface area (Å²) in [5.74, 6) is 1.25. The van der Waals surface area contributed by atoms with Crippen molar-refractivity contribution in [2.24, 2.45) is 11.8 Å². The van der Waals surface area contributed by atoms with Gasteiger partial charge in [0.1, 0.15) is 0 Å². The molecule has 0 spiro atoms. The van der Waals surface area contributed by atoms with Gasteiger partial charge in [-0.15, -0.1) is 0 Å². The molecule has 1 aromatic carbocycles. The molecule has 64 heavy (non-hydrogen) atoms. The molecule has 380 valence electrons. The summed E-state index contributed by atoms with van der Waals surface area (Å²) in [6.07, 6.45) is 4.32. The number of benzene rings is 1. The third-order valence-corrected chi connectivity index (χ3v) is 9.84. The minimum Gasteiger partial charge on any atom is -0.489 e. The number of rotatable bonds is 30. The zero-order valence-corrected chi connectivity index (χ0v) is 46.1. The van der Waals surface area contributed by atoms with Crippen LogP contribution in [0.2, 0.25) is 0 Å². The second-order valence-corrected chi connectivity index (χ2v) is 24.1. The van der Waals surface area contributed by atoms with Crippen molar-refractivity contribution in [3.63, 3.8) is 0 Å². The fourth-order valence-corrected chi connectivity index (χ4v) is 5.63. The summed E-state index contributed by atoms with van der Waals surface area (Å²) in [4.78, 5) is 0. The monoisotopic (exact) mass is 913 g/mol. The van der Waals surface area contributed by atoms with E-state index < -0.39 is 11.2 Å². The Morgan fingerprint density at radius 1 is 0.359 bits per heavy atom. The van der Waals surface area contributed by atoms with Crippen LogP contribution in [-0.4, -0.2) is 111 Å². The lowest BCUT2D eigenvalue weighted by molar-refractivity contribution is -0.110. The first-order valence-corrected chi connectivity index (χ1v) is 24.4. The average molecular weight is 913 g/mol. The first-order chi connectivity index (χ1) is 29.0. The highest BCUT2D eigenvalue weighted by Crippen LogP contribution is 2.31. The lowest BCUT2D eigenvalue weighted by Gasteiger charge is -2.32. The Morgan fingerprint density at radius 2 is 0.609 bits per heavy atom. The van der Waals surface area contributed by atoms with E-state index >= 15 is 0 Å². The summed E-state index contributed by atoms with van der Waals surface area (Å²) in [6.45, 7) is 53.2. The Labute approximate surface area is 395 Å². The summed E-state index contributed by atoms with van der Waals surface area (Å²) in [6, 6.07) is 6.08. The van der Waals surface area contributed by atoms with Gasteiger partial charge >= 0.3 is 0 Å². The van der Waals surface area contributed by atoms with Gasteiger partial charge in [-0.1, -0.05) is 26.3 Å². The van der Waals surface area contributed by atoms with Crippen LogP contribution in [0.25, 0.3) is 0 Å². The van der Waals surface area contributed by atoms with Gasteiger partial charge in [0.25, 0.3) is 0 Å². The molecule has 0 aliphatic carbocycles. The van der Waals surface area contributed by atoms with Crippen LogP contribution >= 0.6 is 0 Å². The molecule has 1 rings (SSSR count). The van der Waals surface area contributed by atoms with E-state index in [-0.39, 0.29) is 45.4 Å². The van der Waals surface area contributed by atoms with E-state index in [0.29, 0.717) is 77.6 Å². The van der Waals surface area contributed by atoms with Gasteiger partial charge in [0.05, 0.1) is 84.4 Å². The Hall–Kier alpha value is -1.50. The van der Waals surface area contributed by atoms with Crippen LogP contribution in [-0.2, 0) is 37.9 Å². The summed E-state index contributed by atoms with van der Waals surface area (Å²) < 4.78 is 63.6. The van der Waals surface area contributed by atoms with Crippen LogP contribution in [0.1, 0.15) is 190 Å². The van der Waals surface area contributed by atoms with Crippen LogP contribution in [0.4, 0.5) is 0 Å². The number of hydrogen-bond donors (Lipinski definition) is 0. The van der Waals surface area contributed by atoms with E-state index in [0.717, 1.165) is 31.2 Å². The first kappa shape index (κ1) is 62.5. The molecule has 0 atom stereocenters. The molecule has 1 aromatic rings. The van der Waals surface area contributed by atoms with E-state index in [2.05, 4.69) is 165 Å². The number of hydrogen-bond acceptors (Lipinski definition) is 10. The predicted molar refractivity (Wildman–Crippen MR) is 267 cm³/mol. The highest BCUT2D eigenvalue weighted by molar-refractivity contribution is 5.42. The van der Waals surface area contributed by atoms with E-state index in [1.54, 1.807) is 0 Å². The van der Waals surface area contributed by atoms with Crippen molar-refractivity contribution >= 4 is 0 Å². The molecule has 0 fully saturated rings. The van der Waals surface area contributed by atoms with Gasteiger partial charge in [-0.05, 0) is 189 Å². The van der Waals surface area contributed by atoms with Gasteiger partial charge in [-0.3, -0.25) is 0 Å². The maximum atomic E-state index is 6.64. The number of aryl methyl sites for hydroxylation is 1. The van der Waals surface area contributed by atoms with Crippen molar-refractivity contribution in [1.82, 2.24) is 0 Å². The van der Waals surface area contributed by atoms with Crippen molar-refractivity contribution in [1.29, 1.82) is 0 Å². The third kappa shape index (κ3) is 35.7. The highest BCUT2D eigenvalue weighted by Gasteiger charge is 2.29. The SMILES string of the molecule is CCC.Cc1ccc(OCC(COC(C)(C)CCOC(C)(C)C)COC(C)(C)CCOC(C)(C)C)c(OCC(COC(C)(C)CCOC(C)(C)C)COC(C)(C)CCOC(C)(C)C)c1. The smallest absolute Gasteiger partial charge is 0.161 e. The molecule has 0 aromatic heterocycles.